The maximum atomic E-state index is 13.1. The Balaban J connectivity index is 1.92. The number of benzene rings is 1. The molecule has 1 saturated heterocycles. The number of halogens is 2. The lowest BCUT2D eigenvalue weighted by Gasteiger charge is -2.33. The predicted molar refractivity (Wildman–Crippen MR) is 80.9 cm³/mol. The van der Waals surface area contributed by atoms with Gasteiger partial charge in [-0.1, -0.05) is 22.0 Å². The normalized spacial score (nSPS) is 18.1. The molecule has 0 bridgehead atoms. The van der Waals surface area contributed by atoms with Gasteiger partial charge in [-0.25, -0.2) is 4.39 Å². The van der Waals surface area contributed by atoms with E-state index in [2.05, 4.69) is 28.2 Å². The zero-order valence-corrected chi connectivity index (χ0v) is 13.4. The molecular weight excluding hydrogens is 323 g/mol. The minimum Gasteiger partial charge on any atom is -0.343 e. The largest absolute Gasteiger partial charge is 0.343 e. The number of likely N-dealkylation sites (tertiary alicyclic amines) is 1. The second-order valence-electron chi connectivity index (χ2n) is 5.33. The first-order valence-electron chi connectivity index (χ1n) is 6.94. The number of carbonyl (C=O) groups excluding carboxylic acids is 1. The van der Waals surface area contributed by atoms with Crippen molar-refractivity contribution >= 4 is 21.8 Å². The predicted octanol–water partition coefficient (Wildman–Crippen LogP) is 3.25. The Bertz CT molecular complexity index is 487. The van der Waals surface area contributed by atoms with Crippen molar-refractivity contribution in [3.8, 4) is 0 Å². The van der Waals surface area contributed by atoms with E-state index in [4.69, 9.17) is 0 Å². The third-order valence-corrected chi connectivity index (χ3v) is 4.54. The molecule has 1 aromatic rings. The maximum absolute atomic E-state index is 13.1. The van der Waals surface area contributed by atoms with Crippen LogP contribution >= 0.6 is 15.9 Å². The van der Waals surface area contributed by atoms with Gasteiger partial charge in [0.2, 0.25) is 5.91 Å². The van der Waals surface area contributed by atoms with E-state index in [1.165, 1.54) is 12.1 Å². The van der Waals surface area contributed by atoms with Gasteiger partial charge in [-0.2, -0.15) is 0 Å². The number of piperidine rings is 1. The lowest BCUT2D eigenvalue weighted by Crippen LogP contribution is -2.44. The fraction of sp³-hybridized carbons (Fsp3) is 0.533. The Hall–Kier alpha value is -0.940. The SMILES string of the molecule is CC(=O)N1CCC(NC(C)c2ccc(F)cc2Br)CC1. The lowest BCUT2D eigenvalue weighted by molar-refractivity contribution is -0.129. The van der Waals surface area contributed by atoms with Crippen molar-refractivity contribution in [2.24, 2.45) is 0 Å². The van der Waals surface area contributed by atoms with Crippen LogP contribution in [0, 0.1) is 5.82 Å². The van der Waals surface area contributed by atoms with E-state index in [0.29, 0.717) is 6.04 Å². The number of hydrogen-bond acceptors (Lipinski definition) is 2. The van der Waals surface area contributed by atoms with Gasteiger partial charge in [0.15, 0.2) is 0 Å². The molecule has 1 N–H and O–H groups in total. The molecule has 0 radical (unpaired) electrons. The minimum absolute atomic E-state index is 0.151. The summed E-state index contributed by atoms with van der Waals surface area (Å²) in [6, 6.07) is 5.33. The van der Waals surface area contributed by atoms with E-state index in [9.17, 15) is 9.18 Å². The van der Waals surface area contributed by atoms with Crippen LogP contribution in [0.1, 0.15) is 38.3 Å². The molecule has 0 aromatic heterocycles. The van der Waals surface area contributed by atoms with Crippen LogP contribution in [0.15, 0.2) is 22.7 Å². The van der Waals surface area contributed by atoms with Gasteiger partial charge < -0.3 is 10.2 Å². The Morgan fingerprint density at radius 1 is 1.45 bits per heavy atom. The summed E-state index contributed by atoms with van der Waals surface area (Å²) < 4.78 is 13.9. The molecule has 1 aromatic carbocycles. The van der Waals surface area contributed by atoms with Crippen molar-refractivity contribution in [1.29, 1.82) is 0 Å². The van der Waals surface area contributed by atoms with Gasteiger partial charge in [-0.15, -0.1) is 0 Å². The summed E-state index contributed by atoms with van der Waals surface area (Å²) in [6.07, 6.45) is 1.92. The quantitative estimate of drug-likeness (QED) is 0.914. The molecule has 20 heavy (non-hydrogen) atoms. The highest BCUT2D eigenvalue weighted by atomic mass is 79.9. The van der Waals surface area contributed by atoms with Gasteiger partial charge in [0.25, 0.3) is 0 Å². The highest BCUT2D eigenvalue weighted by Gasteiger charge is 2.22. The van der Waals surface area contributed by atoms with E-state index in [1.54, 1.807) is 6.92 Å². The average molecular weight is 343 g/mol. The third-order valence-electron chi connectivity index (χ3n) is 3.85. The van der Waals surface area contributed by atoms with Crippen LogP contribution in [0.3, 0.4) is 0 Å². The molecule has 1 unspecified atom stereocenters. The van der Waals surface area contributed by atoms with Crippen LogP contribution in [-0.2, 0) is 4.79 Å². The first-order chi connectivity index (χ1) is 9.47. The summed E-state index contributed by atoms with van der Waals surface area (Å²) in [5, 5.41) is 3.56. The molecule has 110 valence electrons. The maximum Gasteiger partial charge on any atom is 0.219 e. The van der Waals surface area contributed by atoms with Gasteiger partial charge in [-0.05, 0) is 37.5 Å². The summed E-state index contributed by atoms with van der Waals surface area (Å²) in [5.74, 6) is -0.0830. The average Bonchev–Trinajstić information content (AvgIpc) is 2.39. The van der Waals surface area contributed by atoms with Crippen molar-refractivity contribution in [2.45, 2.75) is 38.8 Å². The summed E-state index contributed by atoms with van der Waals surface area (Å²) in [5.41, 5.74) is 1.06. The van der Waals surface area contributed by atoms with Crippen LogP contribution in [0.25, 0.3) is 0 Å². The second kappa shape index (κ2) is 6.68. The van der Waals surface area contributed by atoms with E-state index in [-0.39, 0.29) is 17.8 Å². The Morgan fingerprint density at radius 3 is 2.65 bits per heavy atom. The molecule has 3 nitrogen and oxygen atoms in total. The molecule has 0 spiro atoms. The van der Waals surface area contributed by atoms with Crippen molar-refractivity contribution in [3.05, 3.63) is 34.1 Å². The molecular formula is C15H20BrFN2O. The third kappa shape index (κ3) is 3.79. The van der Waals surface area contributed by atoms with Crippen molar-refractivity contribution < 1.29 is 9.18 Å². The second-order valence-corrected chi connectivity index (χ2v) is 6.19. The Morgan fingerprint density at radius 2 is 2.10 bits per heavy atom. The van der Waals surface area contributed by atoms with E-state index >= 15 is 0 Å². The van der Waals surface area contributed by atoms with Crippen molar-refractivity contribution in [3.63, 3.8) is 0 Å². The smallest absolute Gasteiger partial charge is 0.219 e. The van der Waals surface area contributed by atoms with Crippen molar-refractivity contribution in [2.75, 3.05) is 13.1 Å². The summed E-state index contributed by atoms with van der Waals surface area (Å²) in [7, 11) is 0. The summed E-state index contributed by atoms with van der Waals surface area (Å²) in [6.45, 7) is 5.32. The summed E-state index contributed by atoms with van der Waals surface area (Å²) in [4.78, 5) is 13.2. The number of hydrogen-bond donors (Lipinski definition) is 1. The molecule has 1 aliphatic rings. The molecule has 1 amide bonds. The summed E-state index contributed by atoms with van der Waals surface area (Å²) >= 11 is 3.41. The van der Waals surface area contributed by atoms with E-state index in [1.807, 2.05) is 11.0 Å². The molecule has 0 aliphatic carbocycles. The molecule has 1 atom stereocenters. The number of amides is 1. The van der Waals surface area contributed by atoms with Crippen LogP contribution in [0.5, 0.6) is 0 Å². The number of nitrogens with one attached hydrogen (secondary N) is 1. The monoisotopic (exact) mass is 342 g/mol. The fourth-order valence-corrected chi connectivity index (χ4v) is 3.35. The molecule has 1 fully saturated rings. The van der Waals surface area contributed by atoms with Gasteiger partial charge in [-0.3, -0.25) is 4.79 Å². The first-order valence-corrected chi connectivity index (χ1v) is 7.73. The van der Waals surface area contributed by atoms with Crippen molar-refractivity contribution in [1.82, 2.24) is 10.2 Å². The highest BCUT2D eigenvalue weighted by Crippen LogP contribution is 2.25. The highest BCUT2D eigenvalue weighted by molar-refractivity contribution is 9.10. The minimum atomic E-state index is -0.234. The van der Waals surface area contributed by atoms with Gasteiger partial charge >= 0.3 is 0 Å². The molecule has 0 saturated carbocycles. The fourth-order valence-electron chi connectivity index (χ4n) is 2.66. The van der Waals surface area contributed by atoms with Crippen LogP contribution in [0.4, 0.5) is 4.39 Å². The van der Waals surface area contributed by atoms with Gasteiger partial charge in [0.05, 0.1) is 0 Å². The van der Waals surface area contributed by atoms with E-state index in [0.717, 1.165) is 36.0 Å². The number of nitrogens with zero attached hydrogens (tertiary/aromatic N) is 1. The zero-order chi connectivity index (χ0) is 14.7. The first kappa shape index (κ1) is 15.4. The Kier molecular flexibility index (Phi) is 5.16. The standard InChI is InChI=1S/C15H20BrFN2O/c1-10(14-4-3-12(17)9-15(14)16)18-13-5-7-19(8-6-13)11(2)20/h3-4,9-10,13,18H,5-8H2,1-2H3. The number of carbonyl (C=O) groups is 1. The molecule has 2 rings (SSSR count). The zero-order valence-electron chi connectivity index (χ0n) is 11.8. The molecule has 1 aliphatic heterocycles. The number of rotatable bonds is 3. The topological polar surface area (TPSA) is 32.3 Å². The van der Waals surface area contributed by atoms with Crippen LogP contribution in [0.2, 0.25) is 0 Å². The van der Waals surface area contributed by atoms with E-state index < -0.39 is 0 Å². The van der Waals surface area contributed by atoms with Crippen LogP contribution in [-0.4, -0.2) is 29.9 Å². The Labute approximate surface area is 127 Å². The molecule has 1 heterocycles. The van der Waals surface area contributed by atoms with Crippen LogP contribution < -0.4 is 5.32 Å². The molecule has 5 heteroatoms. The van der Waals surface area contributed by atoms with Gasteiger partial charge in [0.1, 0.15) is 5.82 Å². The lowest BCUT2D eigenvalue weighted by atomic mass is 10.0. The van der Waals surface area contributed by atoms with Gasteiger partial charge in [0, 0.05) is 36.6 Å².